The molecule has 0 bridgehead atoms. The maximum absolute atomic E-state index is 12.5. The number of carbonyl (C=O) groups is 1. The van der Waals surface area contributed by atoms with E-state index < -0.39 is 10.0 Å². The minimum absolute atomic E-state index is 0.127. The number of anilines is 1. The van der Waals surface area contributed by atoms with Gasteiger partial charge in [0.15, 0.2) is 0 Å². The molecule has 2 aromatic carbocycles. The Balaban J connectivity index is 1.60. The van der Waals surface area contributed by atoms with E-state index in [4.69, 9.17) is 9.47 Å². The molecule has 0 saturated heterocycles. The Morgan fingerprint density at radius 3 is 2.25 bits per heavy atom. The van der Waals surface area contributed by atoms with Gasteiger partial charge < -0.3 is 14.8 Å². The minimum atomic E-state index is -3.73. The fourth-order valence-corrected chi connectivity index (χ4v) is 3.80. The standard InChI is InChI=1S/C23H25N3O5S/c1-3-4-15-24-23(27)17-5-14-22(25-16-17)31-20-8-6-18(7-9-20)26-32(28,29)21-12-10-19(30-2)11-13-21/h5-14,16,26H,3-4,15H2,1-2H3,(H,24,27). The van der Waals surface area contributed by atoms with Crippen LogP contribution in [-0.2, 0) is 10.0 Å². The number of rotatable bonds is 10. The maximum atomic E-state index is 12.5. The number of aromatic nitrogens is 1. The molecular weight excluding hydrogens is 430 g/mol. The first-order valence-electron chi connectivity index (χ1n) is 10.1. The van der Waals surface area contributed by atoms with Gasteiger partial charge in [0, 0.05) is 24.5 Å². The van der Waals surface area contributed by atoms with Crippen molar-refractivity contribution in [2.24, 2.45) is 0 Å². The first-order valence-corrected chi connectivity index (χ1v) is 11.6. The van der Waals surface area contributed by atoms with Crippen molar-refractivity contribution < 1.29 is 22.7 Å². The Bertz CT molecular complexity index is 1130. The third kappa shape index (κ3) is 6.21. The van der Waals surface area contributed by atoms with E-state index in [1.807, 2.05) is 0 Å². The molecule has 8 nitrogen and oxygen atoms in total. The number of nitrogens with zero attached hydrogens (tertiary/aromatic N) is 1. The van der Waals surface area contributed by atoms with E-state index in [1.54, 1.807) is 48.5 Å². The van der Waals surface area contributed by atoms with Crippen molar-refractivity contribution in [3.05, 3.63) is 72.4 Å². The summed E-state index contributed by atoms with van der Waals surface area (Å²) in [5.74, 6) is 1.20. The zero-order chi connectivity index (χ0) is 23.0. The molecule has 168 valence electrons. The number of hydrogen-bond donors (Lipinski definition) is 2. The number of unbranched alkanes of at least 4 members (excludes halogenated alkanes) is 1. The average molecular weight is 456 g/mol. The van der Waals surface area contributed by atoms with Gasteiger partial charge in [0.05, 0.1) is 17.6 Å². The van der Waals surface area contributed by atoms with Crippen molar-refractivity contribution in [1.29, 1.82) is 0 Å². The molecule has 1 aromatic heterocycles. The summed E-state index contributed by atoms with van der Waals surface area (Å²) in [7, 11) is -2.21. The van der Waals surface area contributed by atoms with Crippen LogP contribution in [0, 0.1) is 0 Å². The van der Waals surface area contributed by atoms with Crippen LogP contribution in [0.5, 0.6) is 17.4 Å². The van der Waals surface area contributed by atoms with E-state index in [1.165, 1.54) is 25.4 Å². The van der Waals surface area contributed by atoms with Crippen molar-refractivity contribution in [2.75, 3.05) is 18.4 Å². The molecule has 0 unspecified atom stereocenters. The summed E-state index contributed by atoms with van der Waals surface area (Å²) in [6.45, 7) is 2.68. The highest BCUT2D eigenvalue weighted by atomic mass is 32.2. The SMILES string of the molecule is CCCCNC(=O)c1ccc(Oc2ccc(NS(=O)(=O)c3ccc(OC)cc3)cc2)nc1. The summed E-state index contributed by atoms with van der Waals surface area (Å²) in [6.07, 6.45) is 3.38. The lowest BCUT2D eigenvalue weighted by Gasteiger charge is -2.10. The summed E-state index contributed by atoms with van der Waals surface area (Å²) in [4.78, 5) is 16.3. The zero-order valence-corrected chi connectivity index (χ0v) is 18.7. The van der Waals surface area contributed by atoms with Crippen LogP contribution >= 0.6 is 0 Å². The number of sulfonamides is 1. The minimum Gasteiger partial charge on any atom is -0.497 e. The van der Waals surface area contributed by atoms with Crippen LogP contribution in [0.25, 0.3) is 0 Å². The van der Waals surface area contributed by atoms with Crippen LogP contribution in [-0.4, -0.2) is 33.0 Å². The maximum Gasteiger partial charge on any atom is 0.261 e. The Hall–Kier alpha value is -3.59. The highest BCUT2D eigenvalue weighted by molar-refractivity contribution is 7.92. The van der Waals surface area contributed by atoms with Gasteiger partial charge in [-0.05, 0) is 61.0 Å². The Labute approximate surface area is 187 Å². The summed E-state index contributed by atoms with van der Waals surface area (Å²) < 4.78 is 38.3. The molecule has 32 heavy (non-hydrogen) atoms. The Morgan fingerprint density at radius 2 is 1.66 bits per heavy atom. The highest BCUT2D eigenvalue weighted by Gasteiger charge is 2.14. The van der Waals surface area contributed by atoms with E-state index in [2.05, 4.69) is 21.9 Å². The third-order valence-corrected chi connectivity index (χ3v) is 5.91. The molecule has 2 N–H and O–H groups in total. The van der Waals surface area contributed by atoms with Crippen LogP contribution in [0.2, 0.25) is 0 Å². The second-order valence-corrected chi connectivity index (χ2v) is 8.58. The third-order valence-electron chi connectivity index (χ3n) is 4.51. The number of amides is 1. The number of benzene rings is 2. The van der Waals surface area contributed by atoms with E-state index in [0.717, 1.165) is 12.8 Å². The van der Waals surface area contributed by atoms with Gasteiger partial charge in [0.2, 0.25) is 5.88 Å². The number of pyridine rings is 1. The number of ether oxygens (including phenoxy) is 2. The molecule has 3 aromatic rings. The molecule has 3 rings (SSSR count). The molecule has 0 aliphatic carbocycles. The molecule has 9 heteroatoms. The molecule has 0 radical (unpaired) electrons. The molecule has 0 atom stereocenters. The van der Waals surface area contributed by atoms with Crippen LogP contribution in [0.1, 0.15) is 30.1 Å². The lowest BCUT2D eigenvalue weighted by atomic mass is 10.2. The second-order valence-electron chi connectivity index (χ2n) is 6.90. The first-order chi connectivity index (χ1) is 15.4. The van der Waals surface area contributed by atoms with E-state index in [0.29, 0.717) is 35.2 Å². The van der Waals surface area contributed by atoms with Gasteiger partial charge in [-0.3, -0.25) is 9.52 Å². The Morgan fingerprint density at radius 1 is 0.969 bits per heavy atom. The highest BCUT2D eigenvalue weighted by Crippen LogP contribution is 2.24. The van der Waals surface area contributed by atoms with Crippen LogP contribution in [0.3, 0.4) is 0 Å². The van der Waals surface area contributed by atoms with Gasteiger partial charge >= 0.3 is 0 Å². The molecule has 0 fully saturated rings. The fraction of sp³-hybridized carbons (Fsp3) is 0.217. The quantitative estimate of drug-likeness (QED) is 0.444. The summed E-state index contributed by atoms with van der Waals surface area (Å²) >= 11 is 0. The first kappa shape index (κ1) is 23.1. The Kier molecular flexibility index (Phi) is 7.67. The van der Waals surface area contributed by atoms with Crippen LogP contribution in [0.15, 0.2) is 71.8 Å². The van der Waals surface area contributed by atoms with E-state index >= 15 is 0 Å². The summed E-state index contributed by atoms with van der Waals surface area (Å²) in [6, 6.07) is 15.8. The fourth-order valence-electron chi connectivity index (χ4n) is 2.74. The number of nitrogens with one attached hydrogen (secondary N) is 2. The molecule has 1 amide bonds. The van der Waals surface area contributed by atoms with Gasteiger partial charge in [-0.2, -0.15) is 0 Å². The predicted octanol–water partition coefficient (Wildman–Crippen LogP) is 4.21. The van der Waals surface area contributed by atoms with Gasteiger partial charge in [-0.25, -0.2) is 13.4 Å². The smallest absolute Gasteiger partial charge is 0.261 e. The molecule has 0 spiro atoms. The molecule has 0 saturated carbocycles. The van der Waals surface area contributed by atoms with Crippen molar-refractivity contribution in [3.8, 4) is 17.4 Å². The number of methoxy groups -OCH3 is 1. The predicted molar refractivity (Wildman–Crippen MR) is 122 cm³/mol. The molecule has 1 heterocycles. The second kappa shape index (κ2) is 10.6. The van der Waals surface area contributed by atoms with Crippen LogP contribution < -0.4 is 19.5 Å². The van der Waals surface area contributed by atoms with Crippen molar-refractivity contribution >= 4 is 21.6 Å². The molecule has 0 aliphatic rings. The average Bonchev–Trinajstić information content (AvgIpc) is 2.81. The van der Waals surface area contributed by atoms with Gasteiger partial charge in [0.1, 0.15) is 11.5 Å². The zero-order valence-electron chi connectivity index (χ0n) is 17.9. The van der Waals surface area contributed by atoms with Crippen molar-refractivity contribution in [3.63, 3.8) is 0 Å². The van der Waals surface area contributed by atoms with Crippen molar-refractivity contribution in [2.45, 2.75) is 24.7 Å². The number of carbonyl (C=O) groups excluding carboxylic acids is 1. The lowest BCUT2D eigenvalue weighted by Crippen LogP contribution is -2.24. The summed E-state index contributed by atoms with van der Waals surface area (Å²) in [5, 5.41) is 2.83. The van der Waals surface area contributed by atoms with Crippen molar-refractivity contribution in [1.82, 2.24) is 10.3 Å². The van der Waals surface area contributed by atoms with E-state index in [-0.39, 0.29) is 10.8 Å². The molecular formula is C23H25N3O5S. The summed E-state index contributed by atoms with van der Waals surface area (Å²) in [5.41, 5.74) is 0.844. The monoisotopic (exact) mass is 455 g/mol. The van der Waals surface area contributed by atoms with Gasteiger partial charge in [0.25, 0.3) is 15.9 Å². The number of hydrogen-bond acceptors (Lipinski definition) is 6. The van der Waals surface area contributed by atoms with Crippen LogP contribution in [0.4, 0.5) is 5.69 Å². The topological polar surface area (TPSA) is 107 Å². The normalized spacial score (nSPS) is 10.9. The van der Waals surface area contributed by atoms with E-state index in [9.17, 15) is 13.2 Å². The lowest BCUT2D eigenvalue weighted by molar-refractivity contribution is 0.0952. The van der Waals surface area contributed by atoms with Gasteiger partial charge in [-0.15, -0.1) is 0 Å². The largest absolute Gasteiger partial charge is 0.497 e. The van der Waals surface area contributed by atoms with Gasteiger partial charge in [-0.1, -0.05) is 13.3 Å². The molecule has 0 aliphatic heterocycles.